The van der Waals surface area contributed by atoms with E-state index in [2.05, 4.69) is 33.6 Å². The first kappa shape index (κ1) is 36.1. The molecule has 8 nitrogen and oxygen atoms in total. The average Bonchev–Trinajstić information content (AvgIpc) is 3.40. The number of aromatic nitrogens is 1. The summed E-state index contributed by atoms with van der Waals surface area (Å²) in [6.45, 7) is 0.0835. The molecule has 2 N–H and O–H groups in total. The topological polar surface area (TPSA) is 123 Å². The van der Waals surface area contributed by atoms with Gasteiger partial charge in [-0.1, -0.05) is 84.4 Å². The Kier molecular flexibility index (Phi) is 10.8. The number of aryl methyl sites for hydroxylation is 2. The van der Waals surface area contributed by atoms with Crippen molar-refractivity contribution >= 4 is 48.3 Å². The molecule has 0 fully saturated rings. The first-order valence-corrected chi connectivity index (χ1v) is 20.2. The van der Waals surface area contributed by atoms with E-state index in [4.69, 9.17) is 11.6 Å². The number of carboxylic acids is 1. The molecule has 262 valence electrons. The number of benzene rings is 5. The molecule has 0 aliphatic carbocycles. The fourth-order valence-corrected chi connectivity index (χ4v) is 8.38. The van der Waals surface area contributed by atoms with E-state index in [1.165, 1.54) is 24.3 Å². The van der Waals surface area contributed by atoms with E-state index in [0.29, 0.717) is 24.3 Å². The number of rotatable bonds is 14. The summed E-state index contributed by atoms with van der Waals surface area (Å²) in [6, 6.07) is 38.0. The number of hydrogen-bond acceptors (Lipinski definition) is 5. The summed E-state index contributed by atoms with van der Waals surface area (Å²) in [4.78, 5) is 11.4. The van der Waals surface area contributed by atoms with Crippen LogP contribution in [0, 0.1) is 0 Å². The van der Waals surface area contributed by atoms with Crippen LogP contribution in [0.1, 0.15) is 50.8 Å². The zero-order chi connectivity index (χ0) is 36.2. The quantitative estimate of drug-likeness (QED) is 0.118. The van der Waals surface area contributed by atoms with Gasteiger partial charge in [0, 0.05) is 40.8 Å². The minimum absolute atomic E-state index is 0.0252. The van der Waals surface area contributed by atoms with Gasteiger partial charge < -0.3 is 9.67 Å². The molecule has 51 heavy (non-hydrogen) atoms. The van der Waals surface area contributed by atoms with Gasteiger partial charge in [0.05, 0.1) is 21.4 Å². The second kappa shape index (κ2) is 15.2. The molecule has 0 aliphatic rings. The van der Waals surface area contributed by atoms with Crippen LogP contribution in [-0.2, 0) is 39.1 Å². The van der Waals surface area contributed by atoms with Gasteiger partial charge in [-0.3, -0.25) is 0 Å². The van der Waals surface area contributed by atoms with Gasteiger partial charge in [-0.15, -0.1) is 0 Å². The number of aromatic carboxylic acids is 1. The maximum absolute atomic E-state index is 13.4. The molecule has 0 bridgehead atoms. The SMILES string of the molecule is CS(=O)(=O)c1ccc(S(=O)(=O)NCCc2c(CCCc3ccc(C(=O)O)cc3)c3cc(Cl)ccc3n2C(c2ccccc2)c2ccccc2)cc1. The average molecular weight is 741 g/mol. The number of carbonyl (C=O) groups is 1. The van der Waals surface area contributed by atoms with Crippen molar-refractivity contribution in [1.29, 1.82) is 0 Å². The summed E-state index contributed by atoms with van der Waals surface area (Å²) in [5.41, 5.74) is 6.36. The van der Waals surface area contributed by atoms with Crippen LogP contribution in [0.15, 0.2) is 137 Å². The van der Waals surface area contributed by atoms with Crippen LogP contribution in [0.5, 0.6) is 0 Å². The third-order valence-electron chi connectivity index (χ3n) is 8.98. The summed E-state index contributed by atoms with van der Waals surface area (Å²) >= 11 is 6.62. The number of hydrogen-bond donors (Lipinski definition) is 2. The van der Waals surface area contributed by atoms with E-state index >= 15 is 0 Å². The smallest absolute Gasteiger partial charge is 0.335 e. The molecule has 6 aromatic rings. The Labute approximate surface area is 303 Å². The Morgan fingerprint density at radius 3 is 1.90 bits per heavy atom. The lowest BCUT2D eigenvalue weighted by atomic mass is 9.97. The van der Waals surface area contributed by atoms with Crippen LogP contribution < -0.4 is 4.72 Å². The maximum Gasteiger partial charge on any atom is 0.335 e. The van der Waals surface area contributed by atoms with E-state index in [1.54, 1.807) is 12.1 Å². The number of sulfonamides is 1. The standard InChI is InChI=1S/C40H37ClN2O6S2/c1-50(46,47)33-20-22-34(23-21-33)51(48,49)42-26-25-38-35(14-8-9-28-15-17-31(18-16-28)40(44)45)36-27-32(41)19-24-37(36)43(38)39(29-10-4-2-5-11-29)30-12-6-3-7-13-30/h2-7,10-13,15-24,27,39,42H,8-9,14,25-26H2,1H3,(H,44,45). The van der Waals surface area contributed by atoms with Crippen molar-refractivity contribution in [1.82, 2.24) is 9.29 Å². The Balaban J connectivity index is 1.41. The zero-order valence-corrected chi connectivity index (χ0v) is 30.3. The molecular weight excluding hydrogens is 704 g/mol. The fourth-order valence-electron chi connectivity index (χ4n) is 6.55. The Hall–Kier alpha value is -4.74. The normalized spacial score (nSPS) is 12.1. The first-order valence-electron chi connectivity index (χ1n) is 16.5. The van der Waals surface area contributed by atoms with Crippen molar-refractivity contribution in [3.63, 3.8) is 0 Å². The predicted octanol–water partition coefficient (Wildman–Crippen LogP) is 7.73. The van der Waals surface area contributed by atoms with Crippen molar-refractivity contribution in [2.24, 2.45) is 0 Å². The summed E-state index contributed by atoms with van der Waals surface area (Å²) < 4.78 is 55.8. The second-order valence-electron chi connectivity index (χ2n) is 12.4. The summed E-state index contributed by atoms with van der Waals surface area (Å²) in [6.07, 6.45) is 3.56. The van der Waals surface area contributed by atoms with Crippen molar-refractivity contribution in [2.75, 3.05) is 12.8 Å². The number of halogens is 1. The molecule has 0 saturated carbocycles. The molecule has 0 aliphatic heterocycles. The van der Waals surface area contributed by atoms with Gasteiger partial charge in [-0.2, -0.15) is 0 Å². The zero-order valence-electron chi connectivity index (χ0n) is 27.9. The van der Waals surface area contributed by atoms with Crippen LogP contribution in [-0.4, -0.2) is 45.3 Å². The fraction of sp³-hybridized carbons (Fsp3) is 0.175. The van der Waals surface area contributed by atoms with Crippen molar-refractivity contribution in [3.05, 3.63) is 166 Å². The van der Waals surface area contributed by atoms with Crippen molar-refractivity contribution < 1.29 is 26.7 Å². The molecule has 0 saturated heterocycles. The highest BCUT2D eigenvalue weighted by atomic mass is 35.5. The number of nitrogens with one attached hydrogen (secondary N) is 1. The third kappa shape index (κ3) is 8.26. The molecule has 0 amide bonds. The van der Waals surface area contributed by atoms with E-state index < -0.39 is 25.8 Å². The minimum atomic E-state index is -3.96. The van der Waals surface area contributed by atoms with Crippen molar-refractivity contribution in [2.45, 2.75) is 41.5 Å². The van der Waals surface area contributed by atoms with E-state index in [0.717, 1.165) is 51.5 Å². The van der Waals surface area contributed by atoms with Gasteiger partial charge >= 0.3 is 5.97 Å². The summed E-state index contributed by atoms with van der Waals surface area (Å²) in [5, 5.41) is 10.9. The lowest BCUT2D eigenvalue weighted by molar-refractivity contribution is 0.0697. The second-order valence-corrected chi connectivity index (χ2v) is 16.6. The molecule has 1 aromatic heterocycles. The van der Waals surface area contributed by atoms with Crippen LogP contribution >= 0.6 is 11.6 Å². The van der Waals surface area contributed by atoms with Crippen LogP contribution in [0.2, 0.25) is 5.02 Å². The molecule has 0 atom stereocenters. The first-order chi connectivity index (χ1) is 24.4. The number of carboxylic acid groups (broad SMARTS) is 1. The number of fused-ring (bicyclic) bond motifs is 1. The largest absolute Gasteiger partial charge is 0.478 e. The van der Waals surface area contributed by atoms with Gasteiger partial charge in [0.25, 0.3) is 0 Å². The van der Waals surface area contributed by atoms with E-state index in [-0.39, 0.29) is 27.9 Å². The van der Waals surface area contributed by atoms with Gasteiger partial charge in [0.15, 0.2) is 9.84 Å². The molecule has 6 rings (SSSR count). The Morgan fingerprint density at radius 2 is 1.33 bits per heavy atom. The van der Waals surface area contributed by atoms with E-state index in [9.17, 15) is 26.7 Å². The molecule has 0 unspecified atom stereocenters. The number of nitrogens with zero attached hydrogens (tertiary/aromatic N) is 1. The lowest BCUT2D eigenvalue weighted by Crippen LogP contribution is -2.27. The highest BCUT2D eigenvalue weighted by Crippen LogP contribution is 2.38. The summed E-state index contributed by atoms with van der Waals surface area (Å²) in [5.74, 6) is -0.969. The highest BCUT2D eigenvalue weighted by Gasteiger charge is 2.26. The lowest BCUT2D eigenvalue weighted by Gasteiger charge is -2.25. The predicted molar refractivity (Wildman–Crippen MR) is 201 cm³/mol. The van der Waals surface area contributed by atoms with Crippen LogP contribution in [0.4, 0.5) is 0 Å². The highest BCUT2D eigenvalue weighted by molar-refractivity contribution is 7.90. The molecule has 0 spiro atoms. The molecular formula is C40H37ClN2O6S2. The Morgan fingerprint density at radius 1 is 0.745 bits per heavy atom. The van der Waals surface area contributed by atoms with Gasteiger partial charge in [0.2, 0.25) is 10.0 Å². The number of sulfone groups is 1. The van der Waals surface area contributed by atoms with Crippen LogP contribution in [0.3, 0.4) is 0 Å². The third-order valence-corrected chi connectivity index (χ3v) is 11.8. The van der Waals surface area contributed by atoms with Gasteiger partial charge in [-0.25, -0.2) is 26.4 Å². The van der Waals surface area contributed by atoms with Gasteiger partial charge in [0.1, 0.15) is 0 Å². The molecule has 5 aromatic carbocycles. The van der Waals surface area contributed by atoms with Crippen molar-refractivity contribution in [3.8, 4) is 0 Å². The minimum Gasteiger partial charge on any atom is -0.478 e. The maximum atomic E-state index is 13.4. The molecule has 11 heteroatoms. The Bertz CT molecular complexity index is 2340. The monoisotopic (exact) mass is 740 g/mol. The summed E-state index contributed by atoms with van der Waals surface area (Å²) in [7, 11) is -7.44. The van der Waals surface area contributed by atoms with Gasteiger partial charge in [-0.05, 0) is 96.1 Å². The van der Waals surface area contributed by atoms with Crippen LogP contribution in [0.25, 0.3) is 10.9 Å². The molecule has 1 heterocycles. The molecule has 0 radical (unpaired) electrons. The van der Waals surface area contributed by atoms with E-state index in [1.807, 2.05) is 66.7 Å².